The van der Waals surface area contributed by atoms with Gasteiger partial charge in [-0.15, -0.1) is 0 Å². The number of rotatable bonds is 3. The monoisotopic (exact) mass is 156 g/mol. The van der Waals surface area contributed by atoms with Crippen LogP contribution in [0.3, 0.4) is 0 Å². The highest BCUT2D eigenvalue weighted by Gasteiger charge is 2.21. The van der Waals surface area contributed by atoms with Crippen LogP contribution in [0.5, 0.6) is 0 Å². The number of allylic oxidation sites excluding steroid dienone is 1. The lowest BCUT2D eigenvalue weighted by Gasteiger charge is -2.27. The molecule has 0 saturated heterocycles. The molecule has 0 aromatic heterocycles. The average Bonchev–Trinajstić information content (AvgIpc) is 2.06. The maximum Gasteiger partial charge on any atom is 0.202 e. The lowest BCUT2D eigenvalue weighted by Crippen LogP contribution is -2.27. The van der Waals surface area contributed by atoms with E-state index in [9.17, 15) is 0 Å². The third-order valence-corrected chi connectivity index (χ3v) is 1.99. The first kappa shape index (κ1) is 8.60. The van der Waals surface area contributed by atoms with Crippen LogP contribution in [0.2, 0.25) is 0 Å². The third kappa shape index (κ3) is 2.22. The van der Waals surface area contributed by atoms with E-state index in [4.69, 9.17) is 9.47 Å². The van der Waals surface area contributed by atoms with Gasteiger partial charge >= 0.3 is 0 Å². The van der Waals surface area contributed by atoms with Gasteiger partial charge in [-0.3, -0.25) is 0 Å². The van der Waals surface area contributed by atoms with Crippen molar-refractivity contribution in [2.45, 2.75) is 33.0 Å². The van der Waals surface area contributed by atoms with Crippen molar-refractivity contribution in [2.24, 2.45) is 5.92 Å². The molecule has 0 aromatic carbocycles. The summed E-state index contributed by atoms with van der Waals surface area (Å²) in [7, 11) is 0. The Morgan fingerprint density at radius 3 is 3.00 bits per heavy atom. The molecule has 0 amide bonds. The van der Waals surface area contributed by atoms with Gasteiger partial charge in [0.2, 0.25) is 6.29 Å². The van der Waals surface area contributed by atoms with E-state index in [-0.39, 0.29) is 6.29 Å². The van der Waals surface area contributed by atoms with Gasteiger partial charge in [0.15, 0.2) is 0 Å². The highest BCUT2D eigenvalue weighted by Crippen LogP contribution is 2.22. The zero-order valence-corrected chi connectivity index (χ0v) is 7.25. The first-order valence-corrected chi connectivity index (χ1v) is 4.30. The van der Waals surface area contributed by atoms with E-state index < -0.39 is 0 Å². The topological polar surface area (TPSA) is 18.5 Å². The van der Waals surface area contributed by atoms with Crippen LogP contribution in [0.4, 0.5) is 0 Å². The lowest BCUT2D eigenvalue weighted by atomic mass is 10.0. The number of ether oxygens (including phenoxy) is 2. The minimum atomic E-state index is -0.00463. The fourth-order valence-corrected chi connectivity index (χ4v) is 1.28. The van der Waals surface area contributed by atoms with Gasteiger partial charge in [-0.25, -0.2) is 0 Å². The van der Waals surface area contributed by atoms with Gasteiger partial charge in [-0.1, -0.05) is 6.92 Å². The molecule has 11 heavy (non-hydrogen) atoms. The normalized spacial score (nSPS) is 30.0. The van der Waals surface area contributed by atoms with Crippen molar-refractivity contribution in [2.75, 3.05) is 6.61 Å². The third-order valence-electron chi connectivity index (χ3n) is 1.99. The Bertz CT molecular complexity index is 132. The Morgan fingerprint density at radius 2 is 2.36 bits per heavy atom. The molecule has 2 heteroatoms. The number of hydrogen-bond acceptors (Lipinski definition) is 2. The zero-order valence-electron chi connectivity index (χ0n) is 7.25. The van der Waals surface area contributed by atoms with Crippen LogP contribution in [0, 0.1) is 5.92 Å². The van der Waals surface area contributed by atoms with E-state index in [1.165, 1.54) is 0 Å². The summed E-state index contributed by atoms with van der Waals surface area (Å²) < 4.78 is 10.7. The molecule has 64 valence electrons. The molecule has 1 heterocycles. The largest absolute Gasteiger partial charge is 0.473 e. The van der Waals surface area contributed by atoms with Gasteiger partial charge in [-0.2, -0.15) is 0 Å². The second-order valence-electron chi connectivity index (χ2n) is 2.74. The quantitative estimate of drug-likeness (QED) is 0.624. The molecule has 2 nitrogen and oxygen atoms in total. The van der Waals surface area contributed by atoms with Gasteiger partial charge in [0.25, 0.3) is 0 Å². The van der Waals surface area contributed by atoms with E-state index in [0.29, 0.717) is 5.92 Å². The summed E-state index contributed by atoms with van der Waals surface area (Å²) in [5.74, 6) is 0.542. The van der Waals surface area contributed by atoms with E-state index >= 15 is 0 Å². The van der Waals surface area contributed by atoms with Crippen molar-refractivity contribution < 1.29 is 9.47 Å². The summed E-state index contributed by atoms with van der Waals surface area (Å²) in [6.45, 7) is 4.89. The smallest absolute Gasteiger partial charge is 0.202 e. The second kappa shape index (κ2) is 4.39. The maximum absolute atomic E-state index is 5.41. The lowest BCUT2D eigenvalue weighted by molar-refractivity contribution is -0.143. The molecule has 0 bridgehead atoms. The van der Waals surface area contributed by atoms with Gasteiger partial charge in [-0.05, 0) is 25.8 Å². The molecule has 0 saturated carbocycles. The van der Waals surface area contributed by atoms with Crippen LogP contribution >= 0.6 is 0 Å². The minimum Gasteiger partial charge on any atom is -0.473 e. The first-order chi connectivity index (χ1) is 5.38. The Morgan fingerprint density at radius 1 is 1.55 bits per heavy atom. The van der Waals surface area contributed by atoms with Gasteiger partial charge in [0, 0.05) is 12.5 Å². The Labute approximate surface area is 68.2 Å². The summed E-state index contributed by atoms with van der Waals surface area (Å²) in [6.07, 6.45) is 6.00. The fraction of sp³-hybridized carbons (Fsp3) is 0.778. The van der Waals surface area contributed by atoms with Crippen LogP contribution in [0.1, 0.15) is 26.7 Å². The van der Waals surface area contributed by atoms with Crippen LogP contribution in [0.15, 0.2) is 12.3 Å². The summed E-state index contributed by atoms with van der Waals surface area (Å²) in [6, 6.07) is 0. The predicted octanol–water partition coefficient (Wildman–Crippen LogP) is 2.31. The van der Waals surface area contributed by atoms with Crippen molar-refractivity contribution in [1.82, 2.24) is 0 Å². The van der Waals surface area contributed by atoms with Gasteiger partial charge < -0.3 is 9.47 Å². The molecule has 0 spiro atoms. The minimum absolute atomic E-state index is 0.00463. The molecule has 0 aliphatic carbocycles. The average molecular weight is 156 g/mol. The molecular formula is C9H16O2. The van der Waals surface area contributed by atoms with E-state index in [2.05, 4.69) is 13.0 Å². The van der Waals surface area contributed by atoms with Gasteiger partial charge in [0.05, 0.1) is 6.26 Å². The van der Waals surface area contributed by atoms with E-state index in [0.717, 1.165) is 19.4 Å². The van der Waals surface area contributed by atoms with Crippen molar-refractivity contribution in [1.29, 1.82) is 0 Å². The summed E-state index contributed by atoms with van der Waals surface area (Å²) in [4.78, 5) is 0. The molecule has 2 unspecified atom stereocenters. The Kier molecular flexibility index (Phi) is 3.43. The summed E-state index contributed by atoms with van der Waals surface area (Å²) in [5.41, 5.74) is 0. The predicted molar refractivity (Wildman–Crippen MR) is 44.0 cm³/mol. The highest BCUT2D eigenvalue weighted by atomic mass is 16.7. The van der Waals surface area contributed by atoms with Gasteiger partial charge in [0.1, 0.15) is 0 Å². The molecular weight excluding hydrogens is 140 g/mol. The van der Waals surface area contributed by atoms with Crippen LogP contribution in [-0.4, -0.2) is 12.9 Å². The number of hydrogen-bond donors (Lipinski definition) is 0. The standard InChI is InChI=1S/C9H16O2/c1-3-8-6-5-7-11-9(8)10-4-2/h5,7-9H,3-4,6H2,1-2H3. The van der Waals surface area contributed by atoms with Crippen LogP contribution < -0.4 is 0 Å². The van der Waals surface area contributed by atoms with Crippen LogP contribution in [-0.2, 0) is 9.47 Å². The molecule has 1 aliphatic heterocycles. The molecule has 0 radical (unpaired) electrons. The molecule has 2 atom stereocenters. The molecule has 1 rings (SSSR count). The molecule has 0 fully saturated rings. The SMILES string of the molecule is CCOC1OC=CCC1CC. The van der Waals surface area contributed by atoms with Crippen LogP contribution in [0.25, 0.3) is 0 Å². The zero-order chi connectivity index (χ0) is 8.10. The van der Waals surface area contributed by atoms with E-state index in [1.54, 1.807) is 6.26 Å². The highest BCUT2D eigenvalue weighted by molar-refractivity contribution is 4.84. The summed E-state index contributed by atoms with van der Waals surface area (Å²) >= 11 is 0. The molecule has 0 N–H and O–H groups in total. The first-order valence-electron chi connectivity index (χ1n) is 4.30. The Balaban J connectivity index is 2.40. The fourth-order valence-electron chi connectivity index (χ4n) is 1.28. The molecule has 0 aromatic rings. The van der Waals surface area contributed by atoms with Crippen molar-refractivity contribution in [3.05, 3.63) is 12.3 Å². The van der Waals surface area contributed by atoms with E-state index in [1.807, 2.05) is 6.92 Å². The van der Waals surface area contributed by atoms with Crippen molar-refractivity contribution in [3.8, 4) is 0 Å². The second-order valence-corrected chi connectivity index (χ2v) is 2.74. The summed E-state index contributed by atoms with van der Waals surface area (Å²) in [5, 5.41) is 0. The van der Waals surface area contributed by atoms with Crippen molar-refractivity contribution in [3.63, 3.8) is 0 Å². The Hall–Kier alpha value is -0.500. The maximum atomic E-state index is 5.41. The molecule has 1 aliphatic rings. The van der Waals surface area contributed by atoms with Crippen molar-refractivity contribution >= 4 is 0 Å².